The normalized spacial score (nSPS) is 22.2. The summed E-state index contributed by atoms with van der Waals surface area (Å²) in [7, 11) is 0. The fraction of sp³-hybridized carbons (Fsp3) is 0.500. The largest absolute Gasteiger partial charge is 0.383 e. The van der Waals surface area contributed by atoms with Crippen molar-refractivity contribution in [3.05, 3.63) is 22.3 Å². The quantitative estimate of drug-likeness (QED) is 0.841. The molecule has 4 heteroatoms. The van der Waals surface area contributed by atoms with E-state index in [1.54, 1.807) is 6.20 Å². The van der Waals surface area contributed by atoms with Gasteiger partial charge in [0.1, 0.15) is 5.82 Å². The van der Waals surface area contributed by atoms with Crippen LogP contribution in [0.4, 0.5) is 5.82 Å². The Hall–Kier alpha value is -0.610. The van der Waals surface area contributed by atoms with E-state index < -0.39 is 0 Å². The molecule has 0 saturated carbocycles. The SMILES string of the molecule is Nc1nccc(C2CCCCO2)c1Br. The van der Waals surface area contributed by atoms with Crippen molar-refractivity contribution in [1.82, 2.24) is 4.98 Å². The molecule has 1 aromatic rings. The van der Waals surface area contributed by atoms with E-state index >= 15 is 0 Å². The molecule has 2 heterocycles. The van der Waals surface area contributed by atoms with Crippen LogP contribution in [0.5, 0.6) is 0 Å². The third-order valence-corrected chi connectivity index (χ3v) is 3.34. The van der Waals surface area contributed by atoms with Crippen LogP contribution in [0.1, 0.15) is 30.9 Å². The van der Waals surface area contributed by atoms with Crippen LogP contribution in [0.2, 0.25) is 0 Å². The van der Waals surface area contributed by atoms with Gasteiger partial charge in [-0.2, -0.15) is 0 Å². The topological polar surface area (TPSA) is 48.1 Å². The molecular weight excluding hydrogens is 244 g/mol. The number of anilines is 1. The van der Waals surface area contributed by atoms with Crippen LogP contribution in [-0.4, -0.2) is 11.6 Å². The summed E-state index contributed by atoms with van der Waals surface area (Å²) in [5.41, 5.74) is 6.84. The number of ether oxygens (including phenoxy) is 1. The van der Waals surface area contributed by atoms with Gasteiger partial charge in [-0.3, -0.25) is 0 Å². The van der Waals surface area contributed by atoms with Gasteiger partial charge in [0.25, 0.3) is 0 Å². The van der Waals surface area contributed by atoms with Crippen LogP contribution in [0, 0.1) is 0 Å². The van der Waals surface area contributed by atoms with Gasteiger partial charge in [0, 0.05) is 18.4 Å². The van der Waals surface area contributed by atoms with E-state index in [0.717, 1.165) is 29.5 Å². The summed E-state index contributed by atoms with van der Waals surface area (Å²) in [5.74, 6) is 0.539. The van der Waals surface area contributed by atoms with Gasteiger partial charge in [-0.05, 0) is 41.3 Å². The van der Waals surface area contributed by atoms with Gasteiger partial charge in [0.2, 0.25) is 0 Å². The number of pyridine rings is 1. The lowest BCUT2D eigenvalue weighted by molar-refractivity contribution is 0.0145. The number of nitrogens with zero attached hydrogens (tertiary/aromatic N) is 1. The van der Waals surface area contributed by atoms with Gasteiger partial charge in [-0.15, -0.1) is 0 Å². The van der Waals surface area contributed by atoms with E-state index in [2.05, 4.69) is 20.9 Å². The molecule has 1 aliphatic rings. The van der Waals surface area contributed by atoms with Crippen molar-refractivity contribution in [3.8, 4) is 0 Å². The molecule has 76 valence electrons. The standard InChI is InChI=1S/C10H13BrN2O/c11-9-7(4-5-13-10(9)12)8-3-1-2-6-14-8/h4-5,8H,1-3,6H2,(H2,12,13). The number of rotatable bonds is 1. The van der Waals surface area contributed by atoms with E-state index in [4.69, 9.17) is 10.5 Å². The molecule has 1 atom stereocenters. The second-order valence-electron chi connectivity index (χ2n) is 3.45. The maximum Gasteiger partial charge on any atom is 0.138 e. The van der Waals surface area contributed by atoms with E-state index in [0.29, 0.717) is 5.82 Å². The van der Waals surface area contributed by atoms with Gasteiger partial charge < -0.3 is 10.5 Å². The van der Waals surface area contributed by atoms with Gasteiger partial charge in [0.15, 0.2) is 0 Å². The summed E-state index contributed by atoms with van der Waals surface area (Å²) < 4.78 is 6.57. The number of hydrogen-bond donors (Lipinski definition) is 1. The van der Waals surface area contributed by atoms with Crippen LogP contribution >= 0.6 is 15.9 Å². The molecule has 0 amide bonds. The average molecular weight is 257 g/mol. The van der Waals surface area contributed by atoms with Crippen molar-refractivity contribution in [2.24, 2.45) is 0 Å². The second-order valence-corrected chi connectivity index (χ2v) is 4.25. The Labute approximate surface area is 91.8 Å². The first kappa shape index (κ1) is 9.93. The Bertz CT molecular complexity index is 324. The van der Waals surface area contributed by atoms with Gasteiger partial charge in [-0.25, -0.2) is 4.98 Å². The molecule has 1 aliphatic heterocycles. The highest BCUT2D eigenvalue weighted by atomic mass is 79.9. The Morgan fingerprint density at radius 2 is 2.36 bits per heavy atom. The summed E-state index contributed by atoms with van der Waals surface area (Å²) >= 11 is 3.45. The number of aromatic nitrogens is 1. The lowest BCUT2D eigenvalue weighted by atomic mass is 10.0. The van der Waals surface area contributed by atoms with E-state index in [9.17, 15) is 0 Å². The highest BCUT2D eigenvalue weighted by Crippen LogP contribution is 2.34. The van der Waals surface area contributed by atoms with Crippen molar-refractivity contribution in [2.45, 2.75) is 25.4 Å². The predicted octanol–water partition coefficient (Wildman–Crippen LogP) is 2.67. The van der Waals surface area contributed by atoms with Crippen LogP contribution in [0.15, 0.2) is 16.7 Å². The fourth-order valence-electron chi connectivity index (χ4n) is 1.71. The molecule has 1 saturated heterocycles. The molecule has 3 nitrogen and oxygen atoms in total. The third-order valence-electron chi connectivity index (χ3n) is 2.47. The van der Waals surface area contributed by atoms with Crippen molar-refractivity contribution in [3.63, 3.8) is 0 Å². The number of nitrogen functional groups attached to an aromatic ring is 1. The molecule has 1 fully saturated rings. The minimum atomic E-state index is 0.184. The van der Waals surface area contributed by atoms with Crippen molar-refractivity contribution in [1.29, 1.82) is 0 Å². The van der Waals surface area contributed by atoms with Gasteiger partial charge >= 0.3 is 0 Å². The second kappa shape index (κ2) is 4.28. The molecule has 0 radical (unpaired) electrons. The first-order valence-corrected chi connectivity index (χ1v) is 5.60. The molecule has 2 rings (SSSR count). The van der Waals surface area contributed by atoms with Gasteiger partial charge in [-0.1, -0.05) is 0 Å². The zero-order valence-corrected chi connectivity index (χ0v) is 9.46. The molecule has 0 spiro atoms. The molecule has 14 heavy (non-hydrogen) atoms. The monoisotopic (exact) mass is 256 g/mol. The molecule has 0 aliphatic carbocycles. The van der Waals surface area contributed by atoms with Crippen LogP contribution in [0.25, 0.3) is 0 Å². The lowest BCUT2D eigenvalue weighted by Crippen LogP contribution is -2.12. The Kier molecular flexibility index (Phi) is 3.03. The Balaban J connectivity index is 2.26. The van der Waals surface area contributed by atoms with Gasteiger partial charge in [0.05, 0.1) is 10.6 Å². The summed E-state index contributed by atoms with van der Waals surface area (Å²) in [6, 6.07) is 1.97. The first-order chi connectivity index (χ1) is 6.79. The molecule has 0 aromatic carbocycles. The molecule has 1 unspecified atom stereocenters. The third kappa shape index (κ3) is 1.91. The maximum atomic E-state index is 5.71. The van der Waals surface area contributed by atoms with Crippen molar-refractivity contribution >= 4 is 21.7 Å². The van der Waals surface area contributed by atoms with E-state index in [1.165, 1.54) is 6.42 Å². The van der Waals surface area contributed by atoms with Crippen LogP contribution in [-0.2, 0) is 4.74 Å². The summed E-state index contributed by atoms with van der Waals surface area (Å²) in [5, 5.41) is 0. The molecule has 2 N–H and O–H groups in total. The van der Waals surface area contributed by atoms with E-state index in [-0.39, 0.29) is 6.10 Å². The lowest BCUT2D eigenvalue weighted by Gasteiger charge is -2.23. The van der Waals surface area contributed by atoms with Crippen LogP contribution in [0.3, 0.4) is 0 Å². The molecular formula is C10H13BrN2O. The first-order valence-electron chi connectivity index (χ1n) is 4.80. The minimum absolute atomic E-state index is 0.184. The summed E-state index contributed by atoms with van der Waals surface area (Å²) in [6.07, 6.45) is 5.37. The smallest absolute Gasteiger partial charge is 0.138 e. The number of nitrogens with two attached hydrogens (primary N) is 1. The molecule has 1 aromatic heterocycles. The fourth-order valence-corrected chi connectivity index (χ4v) is 2.20. The van der Waals surface area contributed by atoms with Crippen molar-refractivity contribution < 1.29 is 4.74 Å². The van der Waals surface area contributed by atoms with Crippen LogP contribution < -0.4 is 5.73 Å². The zero-order chi connectivity index (χ0) is 9.97. The molecule has 0 bridgehead atoms. The predicted molar refractivity (Wildman–Crippen MR) is 58.9 cm³/mol. The average Bonchev–Trinajstić information content (AvgIpc) is 2.23. The highest BCUT2D eigenvalue weighted by Gasteiger charge is 2.19. The Morgan fingerprint density at radius 1 is 1.50 bits per heavy atom. The van der Waals surface area contributed by atoms with E-state index in [1.807, 2.05) is 6.07 Å². The summed E-state index contributed by atoms with van der Waals surface area (Å²) in [4.78, 5) is 4.01. The summed E-state index contributed by atoms with van der Waals surface area (Å²) in [6.45, 7) is 0.847. The number of hydrogen-bond acceptors (Lipinski definition) is 3. The Morgan fingerprint density at radius 3 is 3.07 bits per heavy atom. The highest BCUT2D eigenvalue weighted by molar-refractivity contribution is 9.10. The number of halogens is 1. The van der Waals surface area contributed by atoms with Crippen molar-refractivity contribution in [2.75, 3.05) is 12.3 Å². The minimum Gasteiger partial charge on any atom is -0.383 e. The zero-order valence-electron chi connectivity index (χ0n) is 7.87. The maximum absolute atomic E-state index is 5.71.